The molecule has 2 N–H and O–H groups in total. The third-order valence-corrected chi connectivity index (χ3v) is 5.58. The second kappa shape index (κ2) is 5.59. The standard InChI is InChI=1S/C15H17BrN2O2S/c1-8-7-20-9(2)6-18(8)15(19)14-13(17)12-10(16)4-3-5-11(12)21-14/h3-5,8-9H,6-7,17H2,1-2H3. The molecule has 0 spiro atoms. The molecule has 2 unspecified atom stereocenters. The van der Waals surface area contributed by atoms with E-state index in [-0.39, 0.29) is 18.1 Å². The molecule has 1 amide bonds. The molecule has 21 heavy (non-hydrogen) atoms. The molecular formula is C15H17BrN2O2S. The molecule has 0 aliphatic carbocycles. The zero-order chi connectivity index (χ0) is 15.1. The quantitative estimate of drug-likeness (QED) is 0.837. The SMILES string of the molecule is CC1CN(C(=O)c2sc3cccc(Br)c3c2N)C(C)CO1. The molecular weight excluding hydrogens is 352 g/mol. The topological polar surface area (TPSA) is 55.6 Å². The maximum absolute atomic E-state index is 12.8. The Bertz CT molecular complexity index is 700. The van der Waals surface area contributed by atoms with Crippen LogP contribution in [0.25, 0.3) is 10.1 Å². The van der Waals surface area contributed by atoms with Crippen molar-refractivity contribution in [1.82, 2.24) is 4.90 Å². The maximum atomic E-state index is 12.8. The van der Waals surface area contributed by atoms with Gasteiger partial charge in [-0.2, -0.15) is 0 Å². The molecule has 1 aliphatic rings. The number of fused-ring (bicyclic) bond motifs is 1. The van der Waals surface area contributed by atoms with Gasteiger partial charge >= 0.3 is 0 Å². The highest BCUT2D eigenvalue weighted by molar-refractivity contribution is 9.10. The summed E-state index contributed by atoms with van der Waals surface area (Å²) in [6, 6.07) is 5.96. The first-order chi connectivity index (χ1) is 9.99. The van der Waals surface area contributed by atoms with Crippen LogP contribution in [0.1, 0.15) is 23.5 Å². The van der Waals surface area contributed by atoms with Gasteiger partial charge < -0.3 is 15.4 Å². The van der Waals surface area contributed by atoms with Crippen molar-refractivity contribution in [2.75, 3.05) is 18.9 Å². The van der Waals surface area contributed by atoms with E-state index in [9.17, 15) is 4.79 Å². The van der Waals surface area contributed by atoms with E-state index in [1.54, 1.807) is 0 Å². The number of hydrogen-bond acceptors (Lipinski definition) is 4. The molecule has 112 valence electrons. The molecule has 0 radical (unpaired) electrons. The van der Waals surface area contributed by atoms with E-state index in [1.165, 1.54) is 11.3 Å². The van der Waals surface area contributed by atoms with Crippen molar-refractivity contribution < 1.29 is 9.53 Å². The Balaban J connectivity index is 2.02. The van der Waals surface area contributed by atoms with Crippen LogP contribution in [0.2, 0.25) is 0 Å². The predicted octanol–water partition coefficient (Wildman–Crippen LogP) is 3.50. The molecule has 3 rings (SSSR count). The average molecular weight is 369 g/mol. The number of nitrogens with two attached hydrogens (primary N) is 1. The number of nitrogen functional groups attached to an aromatic ring is 1. The largest absolute Gasteiger partial charge is 0.397 e. The third kappa shape index (κ3) is 2.56. The summed E-state index contributed by atoms with van der Waals surface area (Å²) in [4.78, 5) is 15.3. The summed E-state index contributed by atoms with van der Waals surface area (Å²) >= 11 is 4.97. The molecule has 1 aliphatic heterocycles. The van der Waals surface area contributed by atoms with Gasteiger partial charge in [-0.15, -0.1) is 11.3 Å². The van der Waals surface area contributed by atoms with E-state index in [1.807, 2.05) is 36.9 Å². The van der Waals surface area contributed by atoms with Gasteiger partial charge in [-0.05, 0) is 26.0 Å². The van der Waals surface area contributed by atoms with Gasteiger partial charge in [0.25, 0.3) is 5.91 Å². The van der Waals surface area contributed by atoms with E-state index in [0.29, 0.717) is 23.7 Å². The van der Waals surface area contributed by atoms with Crippen molar-refractivity contribution in [1.29, 1.82) is 0 Å². The smallest absolute Gasteiger partial charge is 0.266 e. The molecule has 1 fully saturated rings. The zero-order valence-electron chi connectivity index (χ0n) is 11.9. The number of anilines is 1. The number of thiophene rings is 1. The molecule has 1 aromatic heterocycles. The lowest BCUT2D eigenvalue weighted by atomic mass is 10.1. The number of rotatable bonds is 1. The lowest BCUT2D eigenvalue weighted by Gasteiger charge is -2.36. The van der Waals surface area contributed by atoms with Crippen molar-refractivity contribution in [2.45, 2.75) is 26.0 Å². The van der Waals surface area contributed by atoms with Crippen LogP contribution in [0.4, 0.5) is 5.69 Å². The number of ether oxygens (including phenoxy) is 1. The van der Waals surface area contributed by atoms with Crippen LogP contribution in [0, 0.1) is 0 Å². The van der Waals surface area contributed by atoms with Gasteiger partial charge in [0.1, 0.15) is 4.88 Å². The van der Waals surface area contributed by atoms with Crippen LogP contribution in [-0.2, 0) is 4.74 Å². The van der Waals surface area contributed by atoms with Gasteiger partial charge in [0.2, 0.25) is 0 Å². The summed E-state index contributed by atoms with van der Waals surface area (Å²) in [7, 11) is 0. The van der Waals surface area contributed by atoms with E-state index >= 15 is 0 Å². The van der Waals surface area contributed by atoms with E-state index in [0.717, 1.165) is 14.6 Å². The summed E-state index contributed by atoms with van der Waals surface area (Å²) in [6.07, 6.45) is 0.0625. The van der Waals surface area contributed by atoms with Gasteiger partial charge in [-0.25, -0.2) is 0 Å². The maximum Gasteiger partial charge on any atom is 0.266 e. The van der Waals surface area contributed by atoms with Gasteiger partial charge in [-0.3, -0.25) is 4.79 Å². The molecule has 2 atom stereocenters. The van der Waals surface area contributed by atoms with Crippen LogP contribution >= 0.6 is 27.3 Å². The molecule has 1 saturated heterocycles. The first-order valence-electron chi connectivity index (χ1n) is 6.88. The van der Waals surface area contributed by atoms with Crippen molar-refractivity contribution in [3.05, 3.63) is 27.5 Å². The fourth-order valence-corrected chi connectivity index (χ4v) is 4.42. The highest BCUT2D eigenvalue weighted by atomic mass is 79.9. The second-order valence-electron chi connectivity index (χ2n) is 5.41. The van der Waals surface area contributed by atoms with E-state index in [2.05, 4.69) is 15.9 Å². The highest BCUT2D eigenvalue weighted by Crippen LogP contribution is 2.39. The first-order valence-corrected chi connectivity index (χ1v) is 8.49. The minimum Gasteiger partial charge on any atom is -0.397 e. The van der Waals surface area contributed by atoms with Crippen molar-refractivity contribution >= 4 is 48.9 Å². The average Bonchev–Trinajstić information content (AvgIpc) is 2.79. The number of morpholine rings is 1. The Morgan fingerprint density at radius 2 is 2.24 bits per heavy atom. The number of benzene rings is 1. The van der Waals surface area contributed by atoms with Crippen LogP contribution in [0.3, 0.4) is 0 Å². The summed E-state index contributed by atoms with van der Waals surface area (Å²) < 4.78 is 7.54. The molecule has 0 bridgehead atoms. The monoisotopic (exact) mass is 368 g/mol. The Kier molecular flexibility index (Phi) is 3.94. The molecule has 4 nitrogen and oxygen atoms in total. The van der Waals surface area contributed by atoms with Crippen molar-refractivity contribution in [3.63, 3.8) is 0 Å². The van der Waals surface area contributed by atoms with Gasteiger partial charge in [0.05, 0.1) is 24.4 Å². The summed E-state index contributed by atoms with van der Waals surface area (Å²) in [5, 5.41) is 0.930. The first kappa shape index (κ1) is 14.8. The lowest BCUT2D eigenvalue weighted by molar-refractivity contribution is -0.0385. The molecule has 2 aromatic rings. The van der Waals surface area contributed by atoms with E-state index in [4.69, 9.17) is 10.5 Å². The lowest BCUT2D eigenvalue weighted by Crippen LogP contribution is -2.50. The minimum atomic E-state index is 0.00301. The molecule has 1 aromatic carbocycles. The number of amides is 1. The number of nitrogens with zero attached hydrogens (tertiary/aromatic N) is 1. The molecule has 2 heterocycles. The normalized spacial score (nSPS) is 22.7. The summed E-state index contributed by atoms with van der Waals surface area (Å²) in [6.45, 7) is 5.16. The van der Waals surface area contributed by atoms with Crippen LogP contribution < -0.4 is 5.73 Å². The third-order valence-electron chi connectivity index (χ3n) is 3.76. The minimum absolute atomic E-state index is 0.00301. The van der Waals surface area contributed by atoms with Crippen molar-refractivity contribution in [2.24, 2.45) is 0 Å². The fraction of sp³-hybridized carbons (Fsp3) is 0.400. The van der Waals surface area contributed by atoms with Crippen LogP contribution in [0.15, 0.2) is 22.7 Å². The molecule has 0 saturated carbocycles. The second-order valence-corrected chi connectivity index (χ2v) is 7.31. The van der Waals surface area contributed by atoms with Gasteiger partial charge in [0, 0.05) is 21.1 Å². The number of carbonyl (C=O) groups is 1. The van der Waals surface area contributed by atoms with E-state index < -0.39 is 0 Å². The van der Waals surface area contributed by atoms with Crippen LogP contribution in [0.5, 0.6) is 0 Å². The Hall–Kier alpha value is -1.11. The number of carbonyl (C=O) groups excluding carboxylic acids is 1. The number of hydrogen-bond donors (Lipinski definition) is 1. The predicted molar refractivity (Wildman–Crippen MR) is 89.8 cm³/mol. The zero-order valence-corrected chi connectivity index (χ0v) is 14.3. The fourth-order valence-electron chi connectivity index (χ4n) is 2.60. The van der Waals surface area contributed by atoms with Crippen molar-refractivity contribution in [3.8, 4) is 0 Å². The Morgan fingerprint density at radius 1 is 1.48 bits per heavy atom. The van der Waals surface area contributed by atoms with Crippen LogP contribution in [-0.4, -0.2) is 36.1 Å². The van der Waals surface area contributed by atoms with Gasteiger partial charge in [0.15, 0.2) is 0 Å². The molecule has 6 heteroatoms. The Labute approximate surface area is 136 Å². The van der Waals surface area contributed by atoms with Gasteiger partial charge in [-0.1, -0.05) is 22.0 Å². The Morgan fingerprint density at radius 3 is 2.95 bits per heavy atom. The summed E-state index contributed by atoms with van der Waals surface area (Å²) in [5.74, 6) is 0.00301. The summed E-state index contributed by atoms with van der Waals surface area (Å²) in [5.41, 5.74) is 6.80. The number of halogens is 1. The highest BCUT2D eigenvalue weighted by Gasteiger charge is 2.30.